The molecule has 7 heteroatoms. The molecule has 0 bridgehead atoms. The van der Waals surface area contributed by atoms with Crippen LogP contribution in [0, 0.1) is 0 Å². The van der Waals surface area contributed by atoms with Gasteiger partial charge in [0.25, 0.3) is 0 Å². The smallest absolute Gasteiger partial charge is 0.234 e. The summed E-state index contributed by atoms with van der Waals surface area (Å²) in [5.74, 6) is -0.461. The second-order valence-electron chi connectivity index (χ2n) is 5.05. The SMILES string of the molecule is COCCCNC(=O)CN(CC(N)=O)C1CCNCC1. The molecule has 20 heavy (non-hydrogen) atoms. The number of carbonyl (C=O) groups is 2. The van der Waals surface area contributed by atoms with Crippen molar-refractivity contribution in [3.63, 3.8) is 0 Å². The number of nitrogens with two attached hydrogens (primary N) is 1. The topological polar surface area (TPSA) is 96.7 Å². The maximum absolute atomic E-state index is 11.9. The molecule has 1 rings (SSSR count). The zero-order chi connectivity index (χ0) is 14.8. The molecule has 0 atom stereocenters. The monoisotopic (exact) mass is 286 g/mol. The zero-order valence-corrected chi connectivity index (χ0v) is 12.2. The first-order valence-corrected chi connectivity index (χ1v) is 7.12. The Kier molecular flexibility index (Phi) is 8.17. The first kappa shape index (κ1) is 16.9. The van der Waals surface area contributed by atoms with Crippen molar-refractivity contribution >= 4 is 11.8 Å². The third-order valence-electron chi connectivity index (χ3n) is 3.38. The highest BCUT2D eigenvalue weighted by Crippen LogP contribution is 2.11. The van der Waals surface area contributed by atoms with Crippen molar-refractivity contribution in [2.24, 2.45) is 5.73 Å². The van der Waals surface area contributed by atoms with E-state index in [-0.39, 0.29) is 25.0 Å². The van der Waals surface area contributed by atoms with Crippen molar-refractivity contribution in [1.29, 1.82) is 0 Å². The van der Waals surface area contributed by atoms with E-state index in [0.717, 1.165) is 32.4 Å². The second kappa shape index (κ2) is 9.68. The average Bonchev–Trinajstić information content (AvgIpc) is 2.43. The molecule has 1 fully saturated rings. The van der Waals surface area contributed by atoms with E-state index in [1.54, 1.807) is 7.11 Å². The lowest BCUT2D eigenvalue weighted by Crippen LogP contribution is -2.50. The Hall–Kier alpha value is -1.18. The third kappa shape index (κ3) is 6.83. The number of piperidine rings is 1. The van der Waals surface area contributed by atoms with E-state index in [1.165, 1.54) is 0 Å². The molecule has 1 heterocycles. The lowest BCUT2D eigenvalue weighted by molar-refractivity contribution is -0.125. The number of methoxy groups -OCH3 is 1. The van der Waals surface area contributed by atoms with Crippen molar-refractivity contribution in [3.8, 4) is 0 Å². The summed E-state index contributed by atoms with van der Waals surface area (Å²) < 4.78 is 4.92. The van der Waals surface area contributed by atoms with Gasteiger partial charge in [-0.1, -0.05) is 0 Å². The summed E-state index contributed by atoms with van der Waals surface area (Å²) in [5, 5.41) is 6.10. The zero-order valence-electron chi connectivity index (χ0n) is 12.2. The number of carbonyl (C=O) groups excluding carboxylic acids is 2. The molecule has 2 amide bonds. The molecule has 0 aromatic carbocycles. The van der Waals surface area contributed by atoms with Gasteiger partial charge in [0.2, 0.25) is 11.8 Å². The van der Waals surface area contributed by atoms with Crippen molar-refractivity contribution in [3.05, 3.63) is 0 Å². The van der Waals surface area contributed by atoms with Crippen LogP contribution in [0.3, 0.4) is 0 Å². The number of hydrogen-bond acceptors (Lipinski definition) is 5. The fourth-order valence-corrected chi connectivity index (χ4v) is 2.37. The first-order chi connectivity index (χ1) is 9.63. The molecule has 7 nitrogen and oxygen atoms in total. The number of primary amides is 1. The van der Waals surface area contributed by atoms with Gasteiger partial charge in [-0.05, 0) is 32.4 Å². The Bertz CT molecular complexity index is 306. The molecule has 1 saturated heterocycles. The van der Waals surface area contributed by atoms with Crippen molar-refractivity contribution in [2.75, 3.05) is 46.4 Å². The maximum atomic E-state index is 11.9. The largest absolute Gasteiger partial charge is 0.385 e. The molecule has 1 aliphatic rings. The molecule has 0 radical (unpaired) electrons. The predicted molar refractivity (Wildman–Crippen MR) is 76.2 cm³/mol. The van der Waals surface area contributed by atoms with E-state index in [9.17, 15) is 9.59 Å². The van der Waals surface area contributed by atoms with E-state index < -0.39 is 5.91 Å². The van der Waals surface area contributed by atoms with Gasteiger partial charge in [0.15, 0.2) is 0 Å². The molecule has 4 N–H and O–H groups in total. The molecule has 0 saturated carbocycles. The molecular formula is C13H26N4O3. The molecule has 0 aliphatic carbocycles. The Balaban J connectivity index is 2.38. The minimum absolute atomic E-state index is 0.0686. The highest BCUT2D eigenvalue weighted by molar-refractivity contribution is 5.80. The van der Waals surface area contributed by atoms with E-state index in [2.05, 4.69) is 10.6 Å². The average molecular weight is 286 g/mol. The summed E-state index contributed by atoms with van der Waals surface area (Å²) in [4.78, 5) is 24.9. The highest BCUT2D eigenvalue weighted by Gasteiger charge is 2.23. The third-order valence-corrected chi connectivity index (χ3v) is 3.38. The Morgan fingerprint density at radius 2 is 2.05 bits per heavy atom. The second-order valence-corrected chi connectivity index (χ2v) is 5.05. The normalized spacial score (nSPS) is 16.3. The fraction of sp³-hybridized carbons (Fsp3) is 0.846. The van der Waals surface area contributed by atoms with Gasteiger partial charge >= 0.3 is 0 Å². The summed E-state index contributed by atoms with van der Waals surface area (Å²) in [6.07, 6.45) is 2.65. The molecule has 0 unspecified atom stereocenters. The Morgan fingerprint density at radius 3 is 2.65 bits per heavy atom. The summed E-state index contributed by atoms with van der Waals surface area (Å²) in [7, 11) is 1.63. The molecular weight excluding hydrogens is 260 g/mol. The van der Waals surface area contributed by atoms with Crippen LogP contribution in [-0.2, 0) is 14.3 Å². The molecule has 0 aromatic heterocycles. The van der Waals surface area contributed by atoms with E-state index in [0.29, 0.717) is 13.2 Å². The van der Waals surface area contributed by atoms with Crippen LogP contribution in [-0.4, -0.2) is 69.2 Å². The van der Waals surface area contributed by atoms with E-state index >= 15 is 0 Å². The van der Waals surface area contributed by atoms with Crippen molar-refractivity contribution in [2.45, 2.75) is 25.3 Å². The highest BCUT2D eigenvalue weighted by atomic mass is 16.5. The molecule has 1 aliphatic heterocycles. The van der Waals surface area contributed by atoms with E-state index in [1.807, 2.05) is 4.90 Å². The predicted octanol–water partition coefficient (Wildman–Crippen LogP) is -1.32. The van der Waals surface area contributed by atoms with Gasteiger partial charge in [-0.2, -0.15) is 0 Å². The number of nitrogens with one attached hydrogen (secondary N) is 2. The minimum atomic E-state index is -0.393. The van der Waals surface area contributed by atoms with Gasteiger partial charge in [-0.15, -0.1) is 0 Å². The molecule has 0 spiro atoms. The van der Waals surface area contributed by atoms with Gasteiger partial charge in [0.1, 0.15) is 0 Å². The van der Waals surface area contributed by atoms with E-state index in [4.69, 9.17) is 10.5 Å². The number of rotatable bonds is 9. The first-order valence-electron chi connectivity index (χ1n) is 7.12. The van der Waals surface area contributed by atoms with Gasteiger partial charge in [-0.3, -0.25) is 14.5 Å². The lowest BCUT2D eigenvalue weighted by atomic mass is 10.0. The summed E-state index contributed by atoms with van der Waals surface area (Å²) in [5.41, 5.74) is 5.27. The number of ether oxygens (including phenoxy) is 1. The Labute approximate surface area is 120 Å². The van der Waals surface area contributed by atoms with Gasteiger partial charge in [0, 0.05) is 26.3 Å². The molecule has 116 valence electrons. The van der Waals surface area contributed by atoms with Crippen molar-refractivity contribution < 1.29 is 14.3 Å². The van der Waals surface area contributed by atoms with Crippen LogP contribution in [0.2, 0.25) is 0 Å². The number of nitrogens with zero attached hydrogens (tertiary/aromatic N) is 1. The van der Waals surface area contributed by atoms with Gasteiger partial charge in [0.05, 0.1) is 13.1 Å². The lowest BCUT2D eigenvalue weighted by Gasteiger charge is -2.33. The van der Waals surface area contributed by atoms with Crippen LogP contribution < -0.4 is 16.4 Å². The molecule has 0 aromatic rings. The van der Waals surface area contributed by atoms with Crippen LogP contribution in [0.15, 0.2) is 0 Å². The summed E-state index contributed by atoms with van der Waals surface area (Å²) >= 11 is 0. The fourth-order valence-electron chi connectivity index (χ4n) is 2.37. The van der Waals surface area contributed by atoms with Crippen LogP contribution in [0.4, 0.5) is 0 Å². The minimum Gasteiger partial charge on any atom is -0.385 e. The van der Waals surface area contributed by atoms with Crippen molar-refractivity contribution in [1.82, 2.24) is 15.5 Å². The number of hydrogen-bond donors (Lipinski definition) is 3. The van der Waals surface area contributed by atoms with Crippen LogP contribution >= 0.6 is 0 Å². The Morgan fingerprint density at radius 1 is 1.35 bits per heavy atom. The van der Waals surface area contributed by atoms with Crippen LogP contribution in [0.1, 0.15) is 19.3 Å². The van der Waals surface area contributed by atoms with Crippen LogP contribution in [0.25, 0.3) is 0 Å². The van der Waals surface area contributed by atoms with Crippen LogP contribution in [0.5, 0.6) is 0 Å². The summed E-state index contributed by atoms with van der Waals surface area (Å²) in [6.45, 7) is 3.39. The standard InChI is InChI=1S/C13H26N4O3/c1-20-8-2-5-16-13(19)10-17(9-12(14)18)11-3-6-15-7-4-11/h11,15H,2-10H2,1H3,(H2,14,18)(H,16,19). The van der Waals surface area contributed by atoms with Gasteiger partial charge < -0.3 is 21.1 Å². The number of amides is 2. The van der Waals surface area contributed by atoms with Gasteiger partial charge in [-0.25, -0.2) is 0 Å². The quantitative estimate of drug-likeness (QED) is 0.457. The summed E-state index contributed by atoms with van der Waals surface area (Å²) in [6, 6.07) is 0.244. The maximum Gasteiger partial charge on any atom is 0.234 e.